The van der Waals surface area contributed by atoms with E-state index in [-0.39, 0.29) is 33.9 Å². The van der Waals surface area contributed by atoms with Crippen molar-refractivity contribution in [1.29, 1.82) is 0 Å². The number of amides is 1. The molecular formula is C22H20Cl2FN7O4S2. The number of nitrogens with zero attached hydrogens (tertiary/aromatic N) is 5. The lowest BCUT2D eigenvalue weighted by Crippen LogP contribution is -2.43. The molecule has 0 saturated carbocycles. The zero-order chi connectivity index (χ0) is 27.2. The summed E-state index contributed by atoms with van der Waals surface area (Å²) in [6, 6.07) is 6.21. The van der Waals surface area contributed by atoms with Crippen LogP contribution in [0, 0.1) is 12.7 Å². The van der Waals surface area contributed by atoms with Crippen LogP contribution >= 0.6 is 34.5 Å². The number of hydrogen-bond donors (Lipinski definition) is 2. The van der Waals surface area contributed by atoms with E-state index < -0.39 is 34.6 Å². The van der Waals surface area contributed by atoms with Crippen LogP contribution < -0.4 is 14.2 Å². The first kappa shape index (κ1) is 26.6. The van der Waals surface area contributed by atoms with Crippen LogP contribution in [0.3, 0.4) is 0 Å². The van der Waals surface area contributed by atoms with Gasteiger partial charge in [0, 0.05) is 30.6 Å². The molecule has 1 amide bonds. The van der Waals surface area contributed by atoms with E-state index in [1.807, 2.05) is 6.92 Å². The molecule has 0 bridgehead atoms. The van der Waals surface area contributed by atoms with E-state index in [0.717, 1.165) is 10.7 Å². The molecule has 0 fully saturated rings. The molecule has 0 aliphatic carbocycles. The Balaban J connectivity index is 1.43. The molecule has 0 spiro atoms. The maximum absolute atomic E-state index is 15.2. The summed E-state index contributed by atoms with van der Waals surface area (Å²) >= 11 is 13.5. The fraction of sp³-hybridized carbons (Fsp3) is 0.273. The third-order valence-corrected chi connectivity index (χ3v) is 8.17. The molecule has 1 aliphatic heterocycles. The first-order valence-corrected chi connectivity index (χ1v) is 14.2. The summed E-state index contributed by atoms with van der Waals surface area (Å²) in [6.45, 7) is 1.68. The molecule has 200 valence electrons. The molecule has 3 aromatic heterocycles. The molecule has 1 unspecified atom stereocenters. The normalized spacial score (nSPS) is 15.5. The van der Waals surface area contributed by atoms with Crippen LogP contribution in [0.25, 0.3) is 4.96 Å². The fourth-order valence-electron chi connectivity index (χ4n) is 4.17. The van der Waals surface area contributed by atoms with Crippen LogP contribution in [0.15, 0.2) is 30.3 Å². The topological polar surface area (TPSA) is 131 Å². The van der Waals surface area contributed by atoms with Crippen molar-refractivity contribution in [2.45, 2.75) is 19.4 Å². The van der Waals surface area contributed by atoms with Crippen molar-refractivity contribution in [3.8, 4) is 5.75 Å². The van der Waals surface area contributed by atoms with Gasteiger partial charge in [0.1, 0.15) is 22.7 Å². The van der Waals surface area contributed by atoms with Gasteiger partial charge in [0.25, 0.3) is 16.1 Å². The third kappa shape index (κ3) is 5.14. The number of carbonyl (C=O) groups excluding carboxylic acids is 1. The van der Waals surface area contributed by atoms with Crippen LogP contribution in [0.5, 0.6) is 5.75 Å². The van der Waals surface area contributed by atoms with E-state index in [1.165, 1.54) is 41.5 Å². The third-order valence-electron chi connectivity index (χ3n) is 5.83. The number of nitrogens with one attached hydrogen (secondary N) is 2. The summed E-state index contributed by atoms with van der Waals surface area (Å²) < 4.78 is 50.1. The number of aryl methyl sites for hydroxylation is 1. The van der Waals surface area contributed by atoms with Gasteiger partial charge in [-0.25, -0.2) is 23.6 Å². The van der Waals surface area contributed by atoms with Crippen molar-refractivity contribution in [3.63, 3.8) is 0 Å². The number of ether oxygens (including phenoxy) is 1. The number of imidazole rings is 1. The Bertz CT molecular complexity index is 1660. The molecule has 5 rings (SSSR count). The standard InChI is InChI=1S/C22H20Cl2FN7O4S2/c1-11-29-32-20-15(27-22(32)37-11)7-8-31(19(20)13-4-3-12(23)9-14(13)25)18(33)10-36-16-5-6-17(28-21(16)24)30-38(34,35)26-2/h3-6,9,19,26H,7-8,10H2,1-2H3,(H,28,30). The number of carbonyl (C=O) groups is 1. The van der Waals surface area contributed by atoms with E-state index in [4.69, 9.17) is 27.9 Å². The van der Waals surface area contributed by atoms with Crippen molar-refractivity contribution in [3.05, 3.63) is 68.3 Å². The van der Waals surface area contributed by atoms with Crippen molar-refractivity contribution in [2.75, 3.05) is 24.9 Å². The number of benzene rings is 1. The maximum atomic E-state index is 15.2. The van der Waals surface area contributed by atoms with Crippen molar-refractivity contribution in [2.24, 2.45) is 0 Å². The van der Waals surface area contributed by atoms with Gasteiger partial charge in [-0.15, -0.1) is 0 Å². The highest BCUT2D eigenvalue weighted by Crippen LogP contribution is 2.38. The van der Waals surface area contributed by atoms with E-state index in [2.05, 4.69) is 24.5 Å². The molecule has 1 aliphatic rings. The minimum absolute atomic E-state index is 0.0341. The lowest BCUT2D eigenvalue weighted by molar-refractivity contribution is -0.135. The van der Waals surface area contributed by atoms with Gasteiger partial charge in [-0.05, 0) is 31.2 Å². The Hall–Kier alpha value is -3.04. The van der Waals surface area contributed by atoms with Gasteiger partial charge in [-0.3, -0.25) is 9.52 Å². The number of halogens is 3. The number of pyridine rings is 1. The minimum atomic E-state index is -3.79. The lowest BCUT2D eigenvalue weighted by atomic mass is 9.95. The lowest BCUT2D eigenvalue weighted by Gasteiger charge is -2.35. The van der Waals surface area contributed by atoms with Gasteiger partial charge in [0.2, 0.25) is 4.96 Å². The Labute approximate surface area is 230 Å². The maximum Gasteiger partial charge on any atom is 0.300 e. The van der Waals surface area contributed by atoms with Gasteiger partial charge in [0.05, 0.1) is 11.4 Å². The van der Waals surface area contributed by atoms with Crippen LogP contribution in [0.2, 0.25) is 10.2 Å². The fourth-order valence-corrected chi connectivity index (χ4v) is 5.79. The molecule has 38 heavy (non-hydrogen) atoms. The SMILES string of the molecule is CNS(=O)(=O)Nc1ccc(OCC(=O)N2CCc3nc4sc(C)nn4c3C2c2ccc(Cl)cc2F)c(Cl)n1. The van der Waals surface area contributed by atoms with Crippen molar-refractivity contribution < 1.29 is 22.3 Å². The molecule has 1 aromatic carbocycles. The minimum Gasteiger partial charge on any atom is -0.481 e. The zero-order valence-corrected chi connectivity index (χ0v) is 23.0. The summed E-state index contributed by atoms with van der Waals surface area (Å²) in [4.78, 5) is 24.2. The molecule has 0 radical (unpaired) electrons. The second-order valence-electron chi connectivity index (χ2n) is 8.25. The molecule has 1 atom stereocenters. The van der Waals surface area contributed by atoms with Crippen LogP contribution in [0.4, 0.5) is 10.2 Å². The predicted octanol–water partition coefficient (Wildman–Crippen LogP) is 3.37. The average Bonchev–Trinajstić information content (AvgIpc) is 3.38. The Morgan fingerprint density at radius 3 is 2.76 bits per heavy atom. The van der Waals surface area contributed by atoms with Gasteiger partial charge in [0.15, 0.2) is 17.5 Å². The van der Waals surface area contributed by atoms with Gasteiger partial charge >= 0.3 is 0 Å². The first-order valence-electron chi connectivity index (χ1n) is 11.2. The highest BCUT2D eigenvalue weighted by atomic mass is 35.5. The van der Waals surface area contributed by atoms with Crippen LogP contribution in [-0.4, -0.2) is 59.0 Å². The first-order chi connectivity index (χ1) is 18.1. The molecule has 0 saturated heterocycles. The largest absolute Gasteiger partial charge is 0.481 e. The number of fused-ring (bicyclic) bond motifs is 3. The average molecular weight is 600 g/mol. The summed E-state index contributed by atoms with van der Waals surface area (Å²) in [7, 11) is -2.55. The second kappa shape index (κ2) is 10.3. The van der Waals surface area contributed by atoms with Crippen LogP contribution in [-0.2, 0) is 21.4 Å². The van der Waals surface area contributed by atoms with E-state index in [9.17, 15) is 13.2 Å². The highest BCUT2D eigenvalue weighted by molar-refractivity contribution is 7.90. The summed E-state index contributed by atoms with van der Waals surface area (Å²) in [6.07, 6.45) is 0.449. The number of aromatic nitrogens is 4. The van der Waals surface area contributed by atoms with Crippen LogP contribution in [0.1, 0.15) is 28.0 Å². The van der Waals surface area contributed by atoms with E-state index in [1.54, 1.807) is 16.6 Å². The van der Waals surface area contributed by atoms with E-state index >= 15 is 4.39 Å². The smallest absolute Gasteiger partial charge is 0.300 e. The molecule has 2 N–H and O–H groups in total. The Morgan fingerprint density at radius 1 is 1.26 bits per heavy atom. The predicted molar refractivity (Wildman–Crippen MR) is 141 cm³/mol. The number of rotatable bonds is 7. The number of hydrogen-bond acceptors (Lipinski definition) is 8. The molecular weight excluding hydrogens is 580 g/mol. The highest BCUT2D eigenvalue weighted by Gasteiger charge is 2.38. The molecule has 4 aromatic rings. The van der Waals surface area contributed by atoms with Crippen molar-refractivity contribution >= 4 is 61.4 Å². The molecule has 4 heterocycles. The summed E-state index contributed by atoms with van der Waals surface area (Å²) in [5, 5.41) is 5.39. The second-order valence-corrected chi connectivity index (χ2v) is 11.8. The quantitative estimate of drug-likeness (QED) is 0.311. The summed E-state index contributed by atoms with van der Waals surface area (Å²) in [5.74, 6) is -0.967. The van der Waals surface area contributed by atoms with Gasteiger partial charge in [-0.1, -0.05) is 40.6 Å². The van der Waals surface area contributed by atoms with E-state index in [0.29, 0.717) is 17.1 Å². The Kier molecular flexibility index (Phi) is 7.17. The number of anilines is 1. The molecule has 16 heteroatoms. The summed E-state index contributed by atoms with van der Waals surface area (Å²) in [5.41, 5.74) is 1.59. The van der Waals surface area contributed by atoms with Gasteiger partial charge in [-0.2, -0.15) is 13.5 Å². The Morgan fingerprint density at radius 2 is 2.05 bits per heavy atom. The monoisotopic (exact) mass is 599 g/mol. The van der Waals surface area contributed by atoms with Crippen molar-refractivity contribution in [1.82, 2.24) is 29.2 Å². The zero-order valence-electron chi connectivity index (χ0n) is 19.9. The van der Waals surface area contributed by atoms with Gasteiger partial charge < -0.3 is 9.64 Å². The molecule has 11 nitrogen and oxygen atoms in total.